The molecule has 0 saturated carbocycles. The predicted octanol–water partition coefficient (Wildman–Crippen LogP) is 5.97. The fraction of sp³-hybridized carbons (Fsp3) is 0.133. The second-order valence-corrected chi connectivity index (χ2v) is 11.2. The molecule has 9 heteroatoms. The van der Waals surface area contributed by atoms with E-state index in [9.17, 15) is 14.4 Å². The third-order valence-electron chi connectivity index (χ3n) is 7.53. The Morgan fingerprint density at radius 2 is 1.67 bits per heavy atom. The Morgan fingerprint density at radius 1 is 0.949 bits per heavy atom. The number of halogens is 1. The Kier molecular flexibility index (Phi) is 5.11. The lowest BCUT2D eigenvalue weighted by atomic mass is 9.84. The van der Waals surface area contributed by atoms with E-state index in [4.69, 9.17) is 16.0 Å². The molecule has 3 aromatic carbocycles. The lowest BCUT2D eigenvalue weighted by molar-refractivity contribution is -0.121. The largest absolute Gasteiger partial charge is 0.450 e. The van der Waals surface area contributed by atoms with Crippen molar-refractivity contribution < 1.29 is 14.0 Å². The number of aromatic nitrogens is 1. The van der Waals surface area contributed by atoms with E-state index in [0.29, 0.717) is 26.8 Å². The van der Waals surface area contributed by atoms with Crippen molar-refractivity contribution >= 4 is 56.5 Å². The number of aryl methyl sites for hydroxylation is 2. The van der Waals surface area contributed by atoms with Gasteiger partial charge in [0, 0.05) is 15.5 Å². The minimum absolute atomic E-state index is 0.0100. The van der Waals surface area contributed by atoms with Gasteiger partial charge in [-0.3, -0.25) is 19.3 Å². The Labute approximate surface area is 231 Å². The molecule has 0 N–H and O–H groups in total. The molecule has 0 saturated heterocycles. The van der Waals surface area contributed by atoms with E-state index in [1.54, 1.807) is 47.4 Å². The van der Waals surface area contributed by atoms with Gasteiger partial charge < -0.3 is 9.32 Å². The summed E-state index contributed by atoms with van der Waals surface area (Å²) in [6.07, 6.45) is 0. The van der Waals surface area contributed by atoms with Crippen molar-refractivity contribution in [3.8, 4) is 0 Å². The molecule has 192 valence electrons. The minimum atomic E-state index is -1.79. The van der Waals surface area contributed by atoms with Gasteiger partial charge in [0.2, 0.25) is 5.76 Å². The maximum absolute atomic E-state index is 14.9. The van der Waals surface area contributed by atoms with Crippen LogP contribution >= 0.6 is 22.9 Å². The first-order valence-corrected chi connectivity index (χ1v) is 13.5. The lowest BCUT2D eigenvalue weighted by Gasteiger charge is -2.32. The molecule has 1 unspecified atom stereocenters. The molecule has 39 heavy (non-hydrogen) atoms. The van der Waals surface area contributed by atoms with E-state index in [0.717, 1.165) is 16.1 Å². The summed E-state index contributed by atoms with van der Waals surface area (Å²) in [6.45, 7) is 3.91. The first-order chi connectivity index (χ1) is 18.8. The van der Waals surface area contributed by atoms with Crippen LogP contribution in [-0.4, -0.2) is 16.8 Å². The maximum Gasteiger partial charge on any atom is 0.297 e. The molecule has 2 aliphatic rings. The number of amides is 2. The Bertz CT molecular complexity index is 1910. The zero-order valence-electron chi connectivity index (χ0n) is 20.9. The molecule has 4 heterocycles. The third-order valence-corrected chi connectivity index (χ3v) is 8.95. The van der Waals surface area contributed by atoms with E-state index < -0.39 is 22.8 Å². The SMILES string of the molecule is Cc1nc(N2C(=O)c3oc4ccccc4c(=O)c3C23C(=O)N(Cc2ccccc2Cl)c2ccccc23)sc1C. The van der Waals surface area contributed by atoms with Gasteiger partial charge in [-0.2, -0.15) is 0 Å². The summed E-state index contributed by atoms with van der Waals surface area (Å²) in [4.78, 5) is 51.8. The molecule has 0 radical (unpaired) electrons. The van der Waals surface area contributed by atoms with E-state index in [-0.39, 0.29) is 23.5 Å². The second-order valence-electron chi connectivity index (χ2n) is 9.62. The van der Waals surface area contributed by atoms with Crippen LogP contribution < -0.4 is 15.2 Å². The summed E-state index contributed by atoms with van der Waals surface area (Å²) >= 11 is 7.79. The van der Waals surface area contributed by atoms with Crippen LogP contribution in [0, 0.1) is 13.8 Å². The first-order valence-electron chi connectivity index (χ1n) is 12.3. The van der Waals surface area contributed by atoms with Gasteiger partial charge in [-0.25, -0.2) is 4.98 Å². The van der Waals surface area contributed by atoms with Crippen LogP contribution in [0.4, 0.5) is 10.8 Å². The van der Waals surface area contributed by atoms with Gasteiger partial charge in [-0.1, -0.05) is 60.1 Å². The molecule has 2 aliphatic heterocycles. The van der Waals surface area contributed by atoms with Crippen LogP contribution in [0.3, 0.4) is 0 Å². The Hall–Kier alpha value is -4.27. The van der Waals surface area contributed by atoms with E-state index in [1.165, 1.54) is 16.2 Å². The van der Waals surface area contributed by atoms with Crippen LogP contribution in [0.15, 0.2) is 82.0 Å². The molecule has 5 aromatic rings. The molecule has 0 aliphatic carbocycles. The highest BCUT2D eigenvalue weighted by Crippen LogP contribution is 2.55. The van der Waals surface area contributed by atoms with Crippen molar-refractivity contribution in [3.63, 3.8) is 0 Å². The third kappa shape index (κ3) is 3.10. The summed E-state index contributed by atoms with van der Waals surface area (Å²) in [5.41, 5.74) is 0.668. The standard InChI is InChI=1S/C30H20ClN3O4S/c1-16-17(2)39-29(32-16)34-27(36)26-24(25(35)19-10-4-8-14-23(19)38-26)30(34)20-11-5-7-13-22(20)33(28(30)37)15-18-9-3-6-12-21(18)31/h3-14H,15H2,1-2H3. The summed E-state index contributed by atoms with van der Waals surface area (Å²) in [7, 11) is 0. The smallest absolute Gasteiger partial charge is 0.297 e. The number of rotatable bonds is 3. The predicted molar refractivity (Wildman–Crippen MR) is 151 cm³/mol. The second kappa shape index (κ2) is 8.36. The average Bonchev–Trinajstić information content (AvgIpc) is 3.49. The lowest BCUT2D eigenvalue weighted by Crippen LogP contribution is -2.53. The molecule has 2 amide bonds. The highest BCUT2D eigenvalue weighted by atomic mass is 35.5. The molecule has 2 aromatic heterocycles. The fourth-order valence-electron chi connectivity index (χ4n) is 5.62. The number of carbonyl (C=O) groups is 2. The van der Waals surface area contributed by atoms with Gasteiger partial charge in [-0.15, -0.1) is 11.3 Å². The molecular formula is C30H20ClN3O4S. The van der Waals surface area contributed by atoms with Crippen LogP contribution in [0.2, 0.25) is 5.02 Å². The molecule has 0 bridgehead atoms. The summed E-state index contributed by atoms with van der Waals surface area (Å²) in [5, 5.41) is 1.14. The molecular weight excluding hydrogens is 534 g/mol. The van der Waals surface area contributed by atoms with Crippen molar-refractivity contribution in [2.75, 3.05) is 9.80 Å². The van der Waals surface area contributed by atoms with Crippen LogP contribution in [0.25, 0.3) is 11.0 Å². The van der Waals surface area contributed by atoms with Gasteiger partial charge in [0.05, 0.1) is 28.9 Å². The minimum Gasteiger partial charge on any atom is -0.450 e. The molecule has 0 fully saturated rings. The fourth-order valence-corrected chi connectivity index (χ4v) is 6.77. The molecule has 7 rings (SSSR count). The van der Waals surface area contributed by atoms with Gasteiger partial charge in [0.15, 0.2) is 16.1 Å². The topological polar surface area (TPSA) is 83.7 Å². The molecule has 7 nitrogen and oxygen atoms in total. The monoisotopic (exact) mass is 553 g/mol. The van der Waals surface area contributed by atoms with Gasteiger partial charge in [-0.05, 0) is 43.7 Å². The maximum atomic E-state index is 14.9. The van der Waals surface area contributed by atoms with Crippen molar-refractivity contribution in [1.82, 2.24) is 4.98 Å². The van der Waals surface area contributed by atoms with Crippen LogP contribution in [0.5, 0.6) is 0 Å². The van der Waals surface area contributed by atoms with E-state index >= 15 is 0 Å². The van der Waals surface area contributed by atoms with Crippen molar-refractivity contribution in [1.29, 1.82) is 0 Å². The highest BCUT2D eigenvalue weighted by Gasteiger charge is 2.66. The average molecular weight is 554 g/mol. The van der Waals surface area contributed by atoms with Crippen molar-refractivity contribution in [3.05, 3.63) is 121 Å². The number of anilines is 2. The number of hydrogen-bond donors (Lipinski definition) is 0. The number of hydrogen-bond acceptors (Lipinski definition) is 6. The van der Waals surface area contributed by atoms with Crippen LogP contribution in [0.1, 0.15) is 37.8 Å². The normalized spacial score (nSPS) is 17.9. The van der Waals surface area contributed by atoms with Gasteiger partial charge in [0.25, 0.3) is 11.8 Å². The number of carbonyl (C=O) groups excluding carboxylic acids is 2. The van der Waals surface area contributed by atoms with Crippen molar-refractivity contribution in [2.24, 2.45) is 0 Å². The number of nitrogens with zero attached hydrogens (tertiary/aromatic N) is 3. The zero-order chi connectivity index (χ0) is 27.1. The van der Waals surface area contributed by atoms with E-state index in [1.807, 2.05) is 44.2 Å². The summed E-state index contributed by atoms with van der Waals surface area (Å²) in [6, 6.07) is 21.3. The number of fused-ring (bicyclic) bond motifs is 5. The number of benzene rings is 3. The van der Waals surface area contributed by atoms with E-state index in [2.05, 4.69) is 4.98 Å². The molecule has 1 spiro atoms. The zero-order valence-corrected chi connectivity index (χ0v) is 22.5. The summed E-state index contributed by atoms with van der Waals surface area (Å²) < 4.78 is 6.10. The highest BCUT2D eigenvalue weighted by molar-refractivity contribution is 7.16. The van der Waals surface area contributed by atoms with Crippen LogP contribution in [-0.2, 0) is 16.9 Å². The van der Waals surface area contributed by atoms with Gasteiger partial charge in [0.1, 0.15) is 5.58 Å². The Balaban J connectivity index is 1.57. The Morgan fingerprint density at radius 3 is 2.44 bits per heavy atom. The summed E-state index contributed by atoms with van der Waals surface area (Å²) in [5.74, 6) is -1.17. The number of thiazole rings is 1. The van der Waals surface area contributed by atoms with Gasteiger partial charge >= 0.3 is 0 Å². The number of para-hydroxylation sites is 2. The van der Waals surface area contributed by atoms with Crippen molar-refractivity contribution in [2.45, 2.75) is 25.9 Å². The quantitative estimate of drug-likeness (QED) is 0.275. The first kappa shape index (κ1) is 23.8. The molecule has 1 atom stereocenters.